The van der Waals surface area contributed by atoms with E-state index in [1.165, 1.54) is 71.4 Å². The Morgan fingerprint density at radius 2 is 0.593 bits per heavy atom. The zero-order valence-corrected chi connectivity index (χ0v) is 82.6. The summed E-state index contributed by atoms with van der Waals surface area (Å²) in [4.78, 5) is 104. The van der Waals surface area contributed by atoms with Crippen molar-refractivity contribution >= 4 is 79.3 Å². The van der Waals surface area contributed by atoms with Crippen molar-refractivity contribution in [2.75, 3.05) is 153 Å². The van der Waals surface area contributed by atoms with Gasteiger partial charge in [0.25, 0.3) is 33.8 Å². The lowest BCUT2D eigenvalue weighted by Gasteiger charge is -2.34. The number of carbonyl (C=O) groups is 4. The molecule has 39 heteroatoms. The number of nitrogens with one attached hydrogen (secondary N) is 9. The van der Waals surface area contributed by atoms with Crippen molar-refractivity contribution in [3.63, 3.8) is 0 Å². The first-order valence-electron chi connectivity index (χ1n) is 48.1. The molecule has 0 aliphatic carbocycles. The number of halogens is 4. The molecule has 0 bridgehead atoms. The van der Waals surface area contributed by atoms with E-state index >= 15 is 0 Å². The Morgan fingerprint density at radius 3 is 0.876 bits per heavy atom. The van der Waals surface area contributed by atoms with Crippen molar-refractivity contribution in [1.29, 1.82) is 0 Å². The molecule has 4 amide bonds. The largest absolute Gasteiger partial charge is 0.449 e. The van der Waals surface area contributed by atoms with Gasteiger partial charge in [-0.1, -0.05) is 0 Å². The van der Waals surface area contributed by atoms with Crippen molar-refractivity contribution in [2.24, 2.45) is 5.14 Å². The zero-order valence-electron chi connectivity index (χ0n) is 81.8. The highest BCUT2D eigenvalue weighted by Crippen LogP contribution is 2.39. The summed E-state index contributed by atoms with van der Waals surface area (Å²) >= 11 is 0. The number of furan rings is 1. The Morgan fingerprint density at radius 1 is 0.331 bits per heavy atom. The highest BCUT2D eigenvalue weighted by molar-refractivity contribution is 7.86. The van der Waals surface area contributed by atoms with Gasteiger partial charge in [0.1, 0.15) is 63.1 Å². The lowest BCUT2D eigenvalue weighted by Crippen LogP contribution is -2.50. The maximum absolute atomic E-state index is 13.5. The van der Waals surface area contributed by atoms with E-state index in [0.29, 0.717) is 112 Å². The van der Waals surface area contributed by atoms with Crippen LogP contribution >= 0.6 is 0 Å². The first kappa shape index (κ1) is 101. The first-order valence-corrected chi connectivity index (χ1v) is 49.6. The quantitative estimate of drug-likeness (QED) is 0.0238. The summed E-state index contributed by atoms with van der Waals surface area (Å²) in [6.07, 6.45) is 11.4. The first-order chi connectivity index (χ1) is 70.0. The second kappa shape index (κ2) is 45.1. The van der Waals surface area contributed by atoms with Crippen molar-refractivity contribution in [2.45, 2.75) is 79.6 Å². The lowest BCUT2D eigenvalue weighted by atomic mass is 10.1. The second-order valence-electron chi connectivity index (χ2n) is 36.6. The van der Waals surface area contributed by atoms with Crippen molar-refractivity contribution < 1.29 is 49.6 Å². The number of hydrogen-bond acceptors (Lipinski definition) is 21. The Labute approximate surface area is 836 Å². The van der Waals surface area contributed by atoms with Gasteiger partial charge >= 0.3 is 0 Å². The van der Waals surface area contributed by atoms with Crippen LogP contribution in [0.25, 0.3) is 91.0 Å². The van der Waals surface area contributed by atoms with Gasteiger partial charge in [0, 0.05) is 197 Å². The van der Waals surface area contributed by atoms with Gasteiger partial charge in [0.15, 0.2) is 29.0 Å². The number of aromatic nitrogens is 14. The molecule has 4 aliphatic rings. The van der Waals surface area contributed by atoms with Crippen molar-refractivity contribution in [3.05, 3.63) is 296 Å². The number of imidazole rings is 7. The molecule has 11 N–H and O–H groups in total. The maximum atomic E-state index is 13.5. The molecule has 0 unspecified atom stereocenters. The number of benzene rings is 8. The van der Waals surface area contributed by atoms with Gasteiger partial charge in [0.2, 0.25) is 0 Å². The molecule has 0 radical (unpaired) electrons. The number of aromatic amines is 3. The minimum atomic E-state index is -3.68. The van der Waals surface area contributed by atoms with E-state index in [9.17, 15) is 45.2 Å². The molecular formula is C106H115F4N27O7S. The third kappa shape index (κ3) is 24.2. The Bertz CT molecular complexity index is 7030. The molecule has 0 atom stereocenters. The second-order valence-corrected chi connectivity index (χ2v) is 38.1. The minimum absolute atomic E-state index is 0.0743. The number of carbonyl (C=O) groups excluding carboxylic acids is 4. The number of hydrogen-bond donors (Lipinski definition) is 10. The number of nitrogens with zero attached hydrogens (tertiary/aromatic N) is 17. The summed E-state index contributed by atoms with van der Waals surface area (Å²) in [5, 5.41) is 23.6. The fourth-order valence-electron chi connectivity index (χ4n) is 17.4. The van der Waals surface area contributed by atoms with Crippen LogP contribution in [0.3, 0.4) is 0 Å². The molecule has 34 nitrogen and oxygen atoms in total. The van der Waals surface area contributed by atoms with Crippen molar-refractivity contribution in [3.8, 4) is 91.0 Å². The molecular weight excluding hydrogens is 1870 g/mol. The Kier molecular flexibility index (Phi) is 31.3. The lowest BCUT2D eigenvalue weighted by molar-refractivity contribution is 0.0993. The van der Waals surface area contributed by atoms with Crippen LogP contribution in [0.5, 0.6) is 0 Å². The zero-order chi connectivity index (χ0) is 102. The van der Waals surface area contributed by atoms with E-state index in [1.54, 1.807) is 98.1 Å². The van der Waals surface area contributed by atoms with Crippen LogP contribution in [0.1, 0.15) is 122 Å². The molecule has 8 aromatic heterocycles. The predicted molar refractivity (Wildman–Crippen MR) is 557 cm³/mol. The minimum Gasteiger partial charge on any atom is -0.449 e. The number of anilines is 8. The van der Waals surface area contributed by atoms with E-state index in [4.69, 9.17) is 9.56 Å². The van der Waals surface area contributed by atoms with E-state index < -0.39 is 10.2 Å². The third-order valence-corrected chi connectivity index (χ3v) is 26.5. The molecule has 750 valence electrons. The highest BCUT2D eigenvalue weighted by Gasteiger charge is 2.30. The van der Waals surface area contributed by atoms with Crippen LogP contribution in [0.2, 0.25) is 0 Å². The normalized spacial score (nSPS) is 14.2. The SMILES string of the molecule is CC(C)n1cnc(-c2ccc(F)cc2)c1-c1ccc(C(=O)Nc2ccc(N3CCN(C)CC3)cc2)o1.CC(C)n1cnc(-c2ccc(F)cc2)c1-c1ncc(C(=O)Nc2ccc(N3CCN(S(N)(=O)=O)CC3)cc2)[nH]1.CC(C)n1cnc(-c2ccc(F)cc2)c1-c1ncc(C(=O)Nc2ccc(N3CCNCC3)cc2)[nH]1.CC(C)n1cnc(-c2ccc(F)cc2)c1-c1ncc(C(=O)Nc2ccc(N3CCNCC3)cc2)[nH]1. The van der Waals surface area contributed by atoms with Crippen LogP contribution in [-0.2, 0) is 10.2 Å². The van der Waals surface area contributed by atoms with Crippen LogP contribution in [-0.4, -0.2) is 221 Å². The van der Waals surface area contributed by atoms with Gasteiger partial charge in [-0.3, -0.25) is 19.2 Å². The fraction of sp³-hybridized carbons (Fsp3) is 0.274. The smallest absolute Gasteiger partial charge is 0.291 e. The summed E-state index contributed by atoms with van der Waals surface area (Å²) in [6.45, 7) is 29.8. The fourth-order valence-corrected chi connectivity index (χ4v) is 18.1. The number of nitrogens with two attached hydrogens (primary N) is 1. The van der Waals surface area contributed by atoms with E-state index in [1.807, 2.05) is 159 Å². The predicted octanol–water partition coefficient (Wildman–Crippen LogP) is 17.4. The summed E-state index contributed by atoms with van der Waals surface area (Å²) < 4.78 is 92.1. The topological polar surface area (TPSA) is 391 Å². The maximum Gasteiger partial charge on any atom is 0.291 e. The highest BCUT2D eigenvalue weighted by atomic mass is 32.2. The monoisotopic (exact) mass is 1990 g/mol. The van der Waals surface area contributed by atoms with E-state index in [-0.39, 0.29) is 82.5 Å². The molecule has 145 heavy (non-hydrogen) atoms. The molecule has 0 spiro atoms. The Hall–Kier alpha value is -15.9. The average molecular weight is 1990 g/mol. The standard InChI is InChI=1S/C28H30FN5O2.C26H29FN8O3S.2C26H28FN7O/c1-19(2)34-18-30-26(20-4-6-21(29)7-5-20)27(34)24-12-13-25(36-24)28(35)31-22-8-10-23(11-9-22)33-16-14-32(3)15-17-33;1-17(2)35-16-30-23(18-3-5-19(27)6-4-18)24(35)25-29-15-22(32-25)26(36)31-20-7-9-21(10-8-20)33-11-13-34(14-12-33)39(28,37)38;2*1-17(2)34-16-30-23(18-3-5-19(27)6-4-18)24(34)25-29-15-22(32-25)26(35)31-20-7-9-21(10-8-20)33-13-11-28-12-14-33/h4-13,18-19H,14-17H2,1-3H3,(H,31,35);3-10,15-17H,11-14H2,1-2H3,(H,29,32)(H,31,36)(H2,28,37,38);2*3-10,15-17,28H,11-14H2,1-2H3,(H,29,32)(H,31,35). The van der Waals surface area contributed by atoms with Gasteiger partial charge in [-0.2, -0.15) is 12.7 Å². The number of H-pyrrole nitrogens is 3. The molecule has 4 fully saturated rings. The van der Waals surface area contributed by atoms with E-state index in [0.717, 1.165) is 141 Å². The van der Waals surface area contributed by atoms with Crippen molar-refractivity contribution in [1.82, 2.24) is 87.9 Å². The summed E-state index contributed by atoms with van der Waals surface area (Å²) in [7, 11) is -1.55. The van der Waals surface area contributed by atoms with Crippen LogP contribution in [0, 0.1) is 23.3 Å². The average Bonchev–Trinajstić information content (AvgIpc) is 1.64. The third-order valence-electron chi connectivity index (χ3n) is 25.4. The van der Waals surface area contributed by atoms with Gasteiger partial charge in [-0.15, -0.1) is 0 Å². The number of piperazine rings is 4. The molecule has 20 rings (SSSR count). The number of rotatable bonds is 25. The molecule has 4 aliphatic heterocycles. The van der Waals surface area contributed by atoms with Crippen LogP contribution in [0.4, 0.5) is 63.1 Å². The van der Waals surface area contributed by atoms with Gasteiger partial charge in [0.05, 0.1) is 66.7 Å². The van der Waals surface area contributed by atoms with Gasteiger partial charge in [-0.05, 0) is 269 Å². The van der Waals surface area contributed by atoms with Crippen LogP contribution in [0.15, 0.2) is 255 Å². The Balaban J connectivity index is 0.000000133. The summed E-state index contributed by atoms with van der Waals surface area (Å²) in [6, 6.07) is 59.4. The summed E-state index contributed by atoms with van der Waals surface area (Å²) in [5.74, 6) is -0.261. The molecule has 8 aromatic carbocycles. The van der Waals surface area contributed by atoms with Gasteiger partial charge < -0.3 is 94.0 Å². The van der Waals surface area contributed by atoms with E-state index in [2.05, 4.69) is 113 Å². The molecule has 12 heterocycles. The number of likely N-dealkylation sites (N-methyl/N-ethyl adjacent to an activating group) is 1. The molecule has 4 saturated heterocycles. The van der Waals surface area contributed by atoms with Crippen LogP contribution < -0.4 is 56.6 Å². The molecule has 0 saturated carbocycles. The molecule has 16 aromatic rings. The summed E-state index contributed by atoms with van der Waals surface area (Å²) in [5.41, 5.74) is 16.6. The number of amides is 4. The van der Waals surface area contributed by atoms with Gasteiger partial charge in [-0.25, -0.2) is 57.6 Å².